The number of hydrogen-bond acceptors (Lipinski definition) is 4. The summed E-state index contributed by atoms with van der Waals surface area (Å²) in [5.74, 6) is -0.574. The van der Waals surface area contributed by atoms with E-state index in [0.29, 0.717) is 5.56 Å². The fraction of sp³-hybridized carbons (Fsp3) is 0.143. The number of rotatable bonds is 4. The number of nitrogens with one attached hydrogen (secondary N) is 1. The number of aromatic hydroxyl groups is 1. The first kappa shape index (κ1) is 13.8. The van der Waals surface area contributed by atoms with Crippen molar-refractivity contribution in [3.8, 4) is 5.75 Å². The SMILES string of the molecule is CC(Nc1ccc(O)cc1[N+](=O)[O-])c1ccccc1F. The van der Waals surface area contributed by atoms with Gasteiger partial charge in [0.15, 0.2) is 0 Å². The van der Waals surface area contributed by atoms with Gasteiger partial charge in [0.25, 0.3) is 5.69 Å². The van der Waals surface area contributed by atoms with Gasteiger partial charge in [-0.2, -0.15) is 0 Å². The van der Waals surface area contributed by atoms with Crippen molar-refractivity contribution in [3.05, 3.63) is 64.0 Å². The fourth-order valence-corrected chi connectivity index (χ4v) is 1.93. The largest absolute Gasteiger partial charge is 0.508 e. The van der Waals surface area contributed by atoms with E-state index in [9.17, 15) is 19.6 Å². The summed E-state index contributed by atoms with van der Waals surface area (Å²) in [4.78, 5) is 10.3. The maximum Gasteiger partial charge on any atom is 0.296 e. The first-order valence-electron chi connectivity index (χ1n) is 5.97. The Kier molecular flexibility index (Phi) is 3.84. The van der Waals surface area contributed by atoms with E-state index < -0.39 is 11.0 Å². The van der Waals surface area contributed by atoms with E-state index >= 15 is 0 Å². The minimum atomic E-state index is -0.601. The molecule has 0 saturated heterocycles. The third kappa shape index (κ3) is 2.85. The Labute approximate surface area is 114 Å². The molecule has 0 spiro atoms. The molecule has 6 heteroatoms. The Morgan fingerprint density at radius 1 is 1.30 bits per heavy atom. The zero-order valence-electron chi connectivity index (χ0n) is 10.7. The third-order valence-electron chi connectivity index (χ3n) is 2.92. The average Bonchev–Trinajstić information content (AvgIpc) is 2.41. The lowest BCUT2D eigenvalue weighted by molar-refractivity contribution is -0.384. The van der Waals surface area contributed by atoms with Crippen LogP contribution in [0.25, 0.3) is 0 Å². The second-order valence-electron chi connectivity index (χ2n) is 4.35. The molecule has 0 saturated carbocycles. The first-order chi connectivity index (χ1) is 9.49. The number of benzene rings is 2. The van der Waals surface area contributed by atoms with E-state index in [-0.39, 0.29) is 22.9 Å². The maximum atomic E-state index is 13.7. The Bertz CT molecular complexity index is 646. The van der Waals surface area contributed by atoms with E-state index in [0.717, 1.165) is 6.07 Å². The van der Waals surface area contributed by atoms with E-state index in [4.69, 9.17) is 0 Å². The van der Waals surface area contributed by atoms with Gasteiger partial charge in [-0.1, -0.05) is 18.2 Å². The van der Waals surface area contributed by atoms with E-state index in [2.05, 4.69) is 5.32 Å². The highest BCUT2D eigenvalue weighted by Gasteiger charge is 2.18. The van der Waals surface area contributed by atoms with Gasteiger partial charge < -0.3 is 10.4 Å². The molecule has 2 aromatic rings. The van der Waals surface area contributed by atoms with Crippen LogP contribution < -0.4 is 5.32 Å². The number of hydrogen-bond donors (Lipinski definition) is 2. The number of anilines is 1. The van der Waals surface area contributed by atoms with E-state index in [1.54, 1.807) is 25.1 Å². The Morgan fingerprint density at radius 3 is 2.65 bits per heavy atom. The molecule has 2 aromatic carbocycles. The quantitative estimate of drug-likeness (QED) is 0.508. The van der Waals surface area contributed by atoms with Crippen molar-refractivity contribution in [2.75, 3.05) is 5.32 Å². The lowest BCUT2D eigenvalue weighted by Gasteiger charge is -2.16. The fourth-order valence-electron chi connectivity index (χ4n) is 1.93. The van der Waals surface area contributed by atoms with Crippen LogP contribution >= 0.6 is 0 Å². The summed E-state index contributed by atoms with van der Waals surface area (Å²) in [5.41, 5.74) is 0.381. The van der Waals surface area contributed by atoms with Crippen LogP contribution in [-0.2, 0) is 0 Å². The van der Waals surface area contributed by atoms with Gasteiger partial charge in [-0.15, -0.1) is 0 Å². The molecule has 2 N–H and O–H groups in total. The van der Waals surface area contributed by atoms with E-state index in [1.807, 2.05) is 0 Å². The van der Waals surface area contributed by atoms with Crippen molar-refractivity contribution in [3.63, 3.8) is 0 Å². The monoisotopic (exact) mass is 276 g/mol. The molecule has 0 radical (unpaired) electrons. The van der Waals surface area contributed by atoms with Gasteiger partial charge in [0.1, 0.15) is 17.3 Å². The number of nitro benzene ring substituents is 1. The summed E-state index contributed by atoms with van der Waals surface area (Å²) in [5, 5.41) is 23.1. The van der Waals surface area contributed by atoms with Crippen molar-refractivity contribution >= 4 is 11.4 Å². The van der Waals surface area contributed by atoms with E-state index in [1.165, 1.54) is 18.2 Å². The molecule has 0 amide bonds. The Hall–Kier alpha value is -2.63. The van der Waals surface area contributed by atoms with Crippen LogP contribution in [0.2, 0.25) is 0 Å². The second kappa shape index (κ2) is 5.56. The predicted octanol–water partition coefficient (Wildman–Crippen LogP) is 3.61. The minimum Gasteiger partial charge on any atom is -0.508 e. The number of phenols is 1. The van der Waals surface area contributed by atoms with Crippen LogP contribution in [0.1, 0.15) is 18.5 Å². The summed E-state index contributed by atoms with van der Waals surface area (Å²) in [6, 6.07) is 9.55. The molecule has 1 unspecified atom stereocenters. The molecule has 2 rings (SSSR count). The number of phenolic OH excluding ortho intramolecular Hbond substituents is 1. The minimum absolute atomic E-state index is 0.194. The van der Waals surface area contributed by atoms with Crippen molar-refractivity contribution in [1.29, 1.82) is 0 Å². The molecular weight excluding hydrogens is 263 g/mol. The summed E-state index contributed by atoms with van der Waals surface area (Å²) >= 11 is 0. The first-order valence-corrected chi connectivity index (χ1v) is 5.97. The highest BCUT2D eigenvalue weighted by molar-refractivity contribution is 5.64. The third-order valence-corrected chi connectivity index (χ3v) is 2.92. The molecule has 0 aliphatic carbocycles. The van der Waals surface area contributed by atoms with Crippen LogP contribution in [0.4, 0.5) is 15.8 Å². The van der Waals surface area contributed by atoms with Gasteiger partial charge in [-0.3, -0.25) is 10.1 Å². The summed E-state index contributed by atoms with van der Waals surface area (Å²) in [7, 11) is 0. The van der Waals surface area contributed by atoms with Crippen LogP contribution in [-0.4, -0.2) is 10.0 Å². The lowest BCUT2D eigenvalue weighted by Crippen LogP contribution is -2.09. The molecule has 0 aromatic heterocycles. The average molecular weight is 276 g/mol. The summed E-state index contributed by atoms with van der Waals surface area (Å²) < 4.78 is 13.7. The van der Waals surface area contributed by atoms with Crippen molar-refractivity contribution in [1.82, 2.24) is 0 Å². The number of nitro groups is 1. The van der Waals surface area contributed by atoms with Gasteiger partial charge >= 0.3 is 0 Å². The standard InChI is InChI=1S/C14H13FN2O3/c1-9(11-4-2-3-5-12(11)15)16-13-7-6-10(18)8-14(13)17(19)20/h2-9,16,18H,1H3. The Morgan fingerprint density at radius 2 is 2.00 bits per heavy atom. The van der Waals surface area contributed by atoms with Crippen molar-refractivity contribution in [2.45, 2.75) is 13.0 Å². The molecule has 0 bridgehead atoms. The normalized spacial score (nSPS) is 11.9. The molecule has 0 heterocycles. The topological polar surface area (TPSA) is 75.4 Å². The van der Waals surface area contributed by atoms with Crippen molar-refractivity contribution in [2.24, 2.45) is 0 Å². The number of halogens is 1. The van der Waals surface area contributed by atoms with Gasteiger partial charge in [-0.25, -0.2) is 4.39 Å². The maximum absolute atomic E-state index is 13.7. The zero-order valence-corrected chi connectivity index (χ0v) is 10.7. The van der Waals surface area contributed by atoms with Crippen LogP contribution in [0.3, 0.4) is 0 Å². The van der Waals surface area contributed by atoms with Gasteiger partial charge in [0.2, 0.25) is 0 Å². The van der Waals surface area contributed by atoms with Gasteiger partial charge in [0, 0.05) is 5.56 Å². The highest BCUT2D eigenvalue weighted by Crippen LogP contribution is 2.31. The second-order valence-corrected chi connectivity index (χ2v) is 4.35. The van der Waals surface area contributed by atoms with Gasteiger partial charge in [-0.05, 0) is 25.1 Å². The summed E-state index contributed by atoms with van der Waals surface area (Å²) in [6.07, 6.45) is 0. The highest BCUT2D eigenvalue weighted by atomic mass is 19.1. The van der Waals surface area contributed by atoms with Crippen LogP contribution in [0.15, 0.2) is 42.5 Å². The zero-order chi connectivity index (χ0) is 14.7. The predicted molar refractivity (Wildman–Crippen MR) is 73.2 cm³/mol. The number of nitrogens with zero attached hydrogens (tertiary/aromatic N) is 1. The van der Waals surface area contributed by atoms with Crippen LogP contribution in [0.5, 0.6) is 5.75 Å². The molecule has 20 heavy (non-hydrogen) atoms. The lowest BCUT2D eigenvalue weighted by atomic mass is 10.1. The molecule has 1 atom stereocenters. The molecule has 0 aliphatic heterocycles. The smallest absolute Gasteiger partial charge is 0.296 e. The van der Waals surface area contributed by atoms with Crippen LogP contribution in [0, 0.1) is 15.9 Å². The van der Waals surface area contributed by atoms with Gasteiger partial charge in [0.05, 0.1) is 17.0 Å². The molecular formula is C14H13FN2O3. The van der Waals surface area contributed by atoms with Crippen molar-refractivity contribution < 1.29 is 14.4 Å². The summed E-state index contributed by atoms with van der Waals surface area (Å²) in [6.45, 7) is 1.70. The molecule has 0 fully saturated rings. The molecule has 5 nitrogen and oxygen atoms in total. The molecule has 0 aliphatic rings. The Balaban J connectivity index is 2.31. The molecule has 104 valence electrons.